The minimum absolute atomic E-state index is 0.161. The van der Waals surface area contributed by atoms with E-state index in [0.29, 0.717) is 29.6 Å². The molecule has 5 nitrogen and oxygen atoms in total. The van der Waals surface area contributed by atoms with Crippen LogP contribution in [0.2, 0.25) is 0 Å². The first-order valence-electron chi connectivity index (χ1n) is 9.29. The highest BCUT2D eigenvalue weighted by molar-refractivity contribution is 6.04. The molecule has 1 saturated heterocycles. The highest BCUT2D eigenvalue weighted by Crippen LogP contribution is 2.31. The molecule has 1 aliphatic heterocycles. The minimum atomic E-state index is -0.161. The van der Waals surface area contributed by atoms with E-state index >= 15 is 0 Å². The van der Waals surface area contributed by atoms with Crippen LogP contribution < -0.4 is 20.7 Å². The number of hydrogen-bond donors (Lipinski definition) is 2. The molecule has 2 aromatic rings. The Morgan fingerprint density at radius 2 is 2.00 bits per heavy atom. The maximum absolute atomic E-state index is 12.4. The highest BCUT2D eigenvalue weighted by atomic mass is 16.5. The molecule has 1 atom stereocenters. The van der Waals surface area contributed by atoms with Crippen LogP contribution in [0.25, 0.3) is 0 Å². The second-order valence-corrected chi connectivity index (χ2v) is 6.72. The number of piperidine rings is 1. The third-order valence-corrected chi connectivity index (χ3v) is 4.83. The van der Waals surface area contributed by atoms with Gasteiger partial charge in [-0.3, -0.25) is 4.79 Å². The van der Waals surface area contributed by atoms with E-state index in [1.54, 1.807) is 24.3 Å². The third kappa shape index (κ3) is 4.10. The van der Waals surface area contributed by atoms with Crippen LogP contribution in [0.1, 0.15) is 43.5 Å². The second-order valence-electron chi connectivity index (χ2n) is 6.72. The Labute approximate surface area is 155 Å². The average molecular weight is 353 g/mol. The molecule has 3 N–H and O–H groups in total. The van der Waals surface area contributed by atoms with Crippen molar-refractivity contribution in [3.05, 3.63) is 48.0 Å². The van der Waals surface area contributed by atoms with E-state index in [1.807, 2.05) is 25.1 Å². The van der Waals surface area contributed by atoms with E-state index in [2.05, 4.69) is 17.1 Å². The summed E-state index contributed by atoms with van der Waals surface area (Å²) in [6.07, 6.45) is 3.66. The van der Waals surface area contributed by atoms with Crippen LogP contribution in [0.5, 0.6) is 5.75 Å². The molecular formula is C21H27N3O2. The molecule has 0 spiro atoms. The number of rotatable bonds is 5. The first-order chi connectivity index (χ1) is 12.6. The van der Waals surface area contributed by atoms with Gasteiger partial charge in [0.2, 0.25) is 0 Å². The molecule has 0 aromatic heterocycles. The van der Waals surface area contributed by atoms with Crippen molar-refractivity contribution in [1.29, 1.82) is 0 Å². The van der Waals surface area contributed by atoms with E-state index in [4.69, 9.17) is 10.5 Å². The van der Waals surface area contributed by atoms with Crippen molar-refractivity contribution in [3.63, 3.8) is 0 Å². The summed E-state index contributed by atoms with van der Waals surface area (Å²) in [5.41, 5.74) is 9.31. The summed E-state index contributed by atoms with van der Waals surface area (Å²) in [6.45, 7) is 5.80. The molecule has 0 saturated carbocycles. The van der Waals surface area contributed by atoms with Gasteiger partial charge in [0.1, 0.15) is 5.75 Å². The molecular weight excluding hydrogens is 326 g/mol. The number of nitrogen functional groups attached to an aromatic ring is 1. The molecule has 2 aromatic carbocycles. The summed E-state index contributed by atoms with van der Waals surface area (Å²) in [5.74, 6) is 0.597. The number of nitrogens with one attached hydrogen (secondary N) is 1. The van der Waals surface area contributed by atoms with Crippen molar-refractivity contribution in [1.82, 2.24) is 0 Å². The zero-order chi connectivity index (χ0) is 18.5. The summed E-state index contributed by atoms with van der Waals surface area (Å²) in [5, 5.41) is 2.91. The number of amides is 1. The van der Waals surface area contributed by atoms with Gasteiger partial charge in [0.15, 0.2) is 0 Å². The fourth-order valence-electron chi connectivity index (χ4n) is 3.42. The molecule has 0 aliphatic carbocycles. The fourth-order valence-corrected chi connectivity index (χ4v) is 3.42. The lowest BCUT2D eigenvalue weighted by atomic mass is 10.0. The average Bonchev–Trinajstić information content (AvgIpc) is 2.64. The van der Waals surface area contributed by atoms with Crippen molar-refractivity contribution in [2.24, 2.45) is 0 Å². The van der Waals surface area contributed by atoms with Gasteiger partial charge in [-0.25, -0.2) is 0 Å². The number of hydrogen-bond acceptors (Lipinski definition) is 4. The standard InChI is InChI=1S/C21H27N3O2/c1-3-26-18-10-7-16(8-11-18)21(25)23-17-9-12-20(19(22)14-17)24-13-5-4-6-15(24)2/h7-12,14-15H,3-6,13,22H2,1-2H3,(H,23,25). The molecule has 0 bridgehead atoms. The third-order valence-electron chi connectivity index (χ3n) is 4.83. The largest absolute Gasteiger partial charge is 0.494 e. The zero-order valence-corrected chi connectivity index (χ0v) is 15.5. The summed E-state index contributed by atoms with van der Waals surface area (Å²) >= 11 is 0. The molecule has 3 rings (SSSR count). The Balaban J connectivity index is 1.70. The van der Waals surface area contributed by atoms with Gasteiger partial charge in [-0.15, -0.1) is 0 Å². The van der Waals surface area contributed by atoms with Crippen molar-refractivity contribution < 1.29 is 9.53 Å². The summed E-state index contributed by atoms with van der Waals surface area (Å²) < 4.78 is 5.40. The molecule has 1 aliphatic rings. The predicted molar refractivity (Wildman–Crippen MR) is 107 cm³/mol. The molecule has 138 valence electrons. The van der Waals surface area contributed by atoms with Crippen molar-refractivity contribution in [2.75, 3.05) is 29.1 Å². The van der Waals surface area contributed by atoms with Gasteiger partial charge in [0, 0.05) is 23.8 Å². The molecule has 1 heterocycles. The Morgan fingerprint density at radius 3 is 2.65 bits per heavy atom. The minimum Gasteiger partial charge on any atom is -0.494 e. The van der Waals surface area contributed by atoms with E-state index < -0.39 is 0 Å². The Hall–Kier alpha value is -2.69. The maximum Gasteiger partial charge on any atom is 0.255 e. The van der Waals surface area contributed by atoms with Crippen molar-refractivity contribution >= 4 is 23.0 Å². The maximum atomic E-state index is 12.4. The Morgan fingerprint density at radius 1 is 1.23 bits per heavy atom. The quantitative estimate of drug-likeness (QED) is 0.787. The van der Waals surface area contributed by atoms with E-state index in [1.165, 1.54) is 19.3 Å². The topological polar surface area (TPSA) is 67.6 Å². The van der Waals surface area contributed by atoms with Crippen molar-refractivity contribution in [3.8, 4) is 5.75 Å². The summed E-state index contributed by atoms with van der Waals surface area (Å²) in [7, 11) is 0. The van der Waals surface area contributed by atoms with Crippen LogP contribution in [0.15, 0.2) is 42.5 Å². The van der Waals surface area contributed by atoms with Crippen LogP contribution in [-0.2, 0) is 0 Å². The van der Waals surface area contributed by atoms with Gasteiger partial charge >= 0.3 is 0 Å². The lowest BCUT2D eigenvalue weighted by Gasteiger charge is -2.36. The zero-order valence-electron chi connectivity index (χ0n) is 15.5. The first-order valence-corrected chi connectivity index (χ1v) is 9.29. The summed E-state index contributed by atoms with van der Waals surface area (Å²) in [4.78, 5) is 14.8. The highest BCUT2D eigenvalue weighted by Gasteiger charge is 2.20. The van der Waals surface area contributed by atoms with Crippen LogP contribution in [0, 0.1) is 0 Å². The van der Waals surface area contributed by atoms with Gasteiger partial charge in [-0.1, -0.05) is 0 Å². The second kappa shape index (κ2) is 8.13. The normalized spacial score (nSPS) is 17.0. The Kier molecular flexibility index (Phi) is 5.66. The number of carbonyl (C=O) groups is 1. The summed E-state index contributed by atoms with van der Waals surface area (Å²) in [6, 6.07) is 13.4. The molecule has 0 radical (unpaired) electrons. The van der Waals surface area contributed by atoms with Gasteiger partial charge < -0.3 is 20.7 Å². The lowest BCUT2D eigenvalue weighted by Crippen LogP contribution is -2.37. The predicted octanol–water partition coefficient (Wildman–Crippen LogP) is 4.30. The van der Waals surface area contributed by atoms with Gasteiger partial charge in [-0.05, 0) is 75.6 Å². The molecule has 1 fully saturated rings. The molecule has 1 unspecified atom stereocenters. The number of ether oxygens (including phenoxy) is 1. The lowest BCUT2D eigenvalue weighted by molar-refractivity contribution is 0.102. The van der Waals surface area contributed by atoms with Gasteiger partial charge in [0.25, 0.3) is 5.91 Å². The SMILES string of the molecule is CCOc1ccc(C(=O)Nc2ccc(N3CCCCC3C)c(N)c2)cc1. The van der Waals surface area contributed by atoms with Crippen LogP contribution in [-0.4, -0.2) is 25.1 Å². The monoisotopic (exact) mass is 353 g/mol. The van der Waals surface area contributed by atoms with Gasteiger partial charge in [0.05, 0.1) is 18.0 Å². The number of nitrogens with zero attached hydrogens (tertiary/aromatic N) is 1. The van der Waals surface area contributed by atoms with E-state index in [9.17, 15) is 4.79 Å². The van der Waals surface area contributed by atoms with Gasteiger partial charge in [-0.2, -0.15) is 0 Å². The van der Waals surface area contributed by atoms with E-state index in [0.717, 1.165) is 18.0 Å². The smallest absolute Gasteiger partial charge is 0.255 e. The molecule has 5 heteroatoms. The van der Waals surface area contributed by atoms with Crippen LogP contribution in [0.3, 0.4) is 0 Å². The first kappa shape index (κ1) is 18.1. The van der Waals surface area contributed by atoms with E-state index in [-0.39, 0.29) is 5.91 Å². The number of benzene rings is 2. The van der Waals surface area contributed by atoms with Crippen LogP contribution in [0.4, 0.5) is 17.1 Å². The number of carbonyl (C=O) groups excluding carboxylic acids is 1. The fraction of sp³-hybridized carbons (Fsp3) is 0.381. The van der Waals surface area contributed by atoms with Crippen LogP contribution >= 0.6 is 0 Å². The molecule has 26 heavy (non-hydrogen) atoms. The number of nitrogens with two attached hydrogens (primary N) is 1. The Bertz CT molecular complexity index is 758. The van der Waals surface area contributed by atoms with Crippen molar-refractivity contribution in [2.45, 2.75) is 39.2 Å². The molecule has 1 amide bonds. The number of anilines is 3.